The first kappa shape index (κ1) is 15.4. The number of benzene rings is 1. The van der Waals surface area contributed by atoms with Crippen LogP contribution in [0.3, 0.4) is 0 Å². The lowest BCUT2D eigenvalue weighted by molar-refractivity contribution is -0.137. The maximum Gasteiger partial charge on any atom is 0.317 e. The van der Waals surface area contributed by atoms with E-state index in [1.807, 2.05) is 17.0 Å². The highest BCUT2D eigenvalue weighted by Crippen LogP contribution is 2.24. The summed E-state index contributed by atoms with van der Waals surface area (Å²) in [6.07, 6.45) is 2.34. The van der Waals surface area contributed by atoms with Gasteiger partial charge in [0.05, 0.1) is 0 Å². The molecule has 1 aromatic carbocycles. The summed E-state index contributed by atoms with van der Waals surface area (Å²) >= 11 is 0. The van der Waals surface area contributed by atoms with E-state index in [-0.39, 0.29) is 18.5 Å². The van der Waals surface area contributed by atoms with E-state index in [0.717, 1.165) is 12.8 Å². The molecule has 5 nitrogen and oxygen atoms in total. The van der Waals surface area contributed by atoms with E-state index in [1.54, 1.807) is 0 Å². The summed E-state index contributed by atoms with van der Waals surface area (Å²) in [5.74, 6) is -0.831. The zero-order chi connectivity index (χ0) is 15.2. The van der Waals surface area contributed by atoms with E-state index in [9.17, 15) is 9.59 Å². The van der Waals surface area contributed by atoms with Crippen LogP contribution < -0.4 is 5.32 Å². The van der Waals surface area contributed by atoms with Crippen molar-refractivity contribution in [1.29, 1.82) is 0 Å². The largest absolute Gasteiger partial charge is 0.481 e. The van der Waals surface area contributed by atoms with Gasteiger partial charge in [0.25, 0.3) is 0 Å². The summed E-state index contributed by atoms with van der Waals surface area (Å²) < 4.78 is 0. The van der Waals surface area contributed by atoms with Crippen LogP contribution in [-0.4, -0.2) is 34.6 Å². The van der Waals surface area contributed by atoms with Gasteiger partial charge in [-0.05, 0) is 30.4 Å². The second-order valence-electron chi connectivity index (χ2n) is 5.39. The van der Waals surface area contributed by atoms with Crippen molar-refractivity contribution in [3.8, 4) is 0 Å². The monoisotopic (exact) mass is 290 g/mol. The fourth-order valence-electron chi connectivity index (χ4n) is 2.73. The average molecular weight is 290 g/mol. The Balaban J connectivity index is 1.95. The van der Waals surface area contributed by atoms with Gasteiger partial charge in [-0.2, -0.15) is 0 Å². The van der Waals surface area contributed by atoms with Crippen LogP contribution in [0.15, 0.2) is 24.3 Å². The summed E-state index contributed by atoms with van der Waals surface area (Å²) in [7, 11) is 0. The Kier molecular flexibility index (Phi) is 5.20. The molecule has 0 fully saturated rings. The molecule has 2 amide bonds. The van der Waals surface area contributed by atoms with E-state index < -0.39 is 5.97 Å². The molecular weight excluding hydrogens is 268 g/mol. The van der Waals surface area contributed by atoms with E-state index in [0.29, 0.717) is 19.5 Å². The predicted octanol–water partition coefficient (Wildman–Crippen LogP) is 2.40. The molecule has 1 aliphatic heterocycles. The van der Waals surface area contributed by atoms with Crippen LogP contribution in [-0.2, 0) is 17.8 Å². The van der Waals surface area contributed by atoms with Crippen LogP contribution in [0.5, 0.6) is 0 Å². The first-order valence-corrected chi connectivity index (χ1v) is 7.45. The van der Waals surface area contributed by atoms with Crippen molar-refractivity contribution in [2.45, 2.75) is 45.2 Å². The summed E-state index contributed by atoms with van der Waals surface area (Å²) in [6.45, 7) is 3.11. The minimum absolute atomic E-state index is 0.0837. The minimum atomic E-state index is -0.831. The first-order valence-electron chi connectivity index (χ1n) is 7.45. The Morgan fingerprint density at radius 1 is 1.33 bits per heavy atom. The molecule has 5 heteroatoms. The van der Waals surface area contributed by atoms with Crippen molar-refractivity contribution in [3.05, 3.63) is 35.4 Å². The molecule has 2 rings (SSSR count). The van der Waals surface area contributed by atoms with Gasteiger partial charge >= 0.3 is 12.0 Å². The highest BCUT2D eigenvalue weighted by atomic mass is 16.4. The molecule has 1 unspecified atom stereocenters. The van der Waals surface area contributed by atoms with Crippen molar-refractivity contribution in [1.82, 2.24) is 10.2 Å². The molecule has 1 aliphatic rings. The molecule has 0 radical (unpaired) electrons. The van der Waals surface area contributed by atoms with Gasteiger partial charge in [0.1, 0.15) is 0 Å². The first-order chi connectivity index (χ1) is 10.1. The maximum absolute atomic E-state index is 12.3. The molecule has 0 saturated heterocycles. The normalized spacial score (nSPS) is 17.2. The Morgan fingerprint density at radius 2 is 2.05 bits per heavy atom. The number of carbonyl (C=O) groups excluding carboxylic acids is 1. The van der Waals surface area contributed by atoms with Crippen LogP contribution >= 0.6 is 0 Å². The van der Waals surface area contributed by atoms with Gasteiger partial charge in [-0.15, -0.1) is 0 Å². The smallest absolute Gasteiger partial charge is 0.317 e. The number of carboxylic acid groups (broad SMARTS) is 1. The zero-order valence-corrected chi connectivity index (χ0v) is 12.3. The zero-order valence-electron chi connectivity index (χ0n) is 12.3. The topological polar surface area (TPSA) is 69.6 Å². The third kappa shape index (κ3) is 3.97. The van der Waals surface area contributed by atoms with Gasteiger partial charge in [0.2, 0.25) is 0 Å². The van der Waals surface area contributed by atoms with Crippen molar-refractivity contribution < 1.29 is 14.7 Å². The number of carbonyl (C=O) groups is 2. The highest BCUT2D eigenvalue weighted by Gasteiger charge is 2.28. The molecule has 0 bridgehead atoms. The molecule has 0 aromatic heterocycles. The summed E-state index contributed by atoms with van der Waals surface area (Å²) in [5, 5.41) is 11.4. The number of carboxylic acids is 1. The van der Waals surface area contributed by atoms with Gasteiger partial charge in [-0.25, -0.2) is 4.79 Å². The number of hydrogen-bond donors (Lipinski definition) is 2. The third-order valence-corrected chi connectivity index (χ3v) is 3.93. The summed E-state index contributed by atoms with van der Waals surface area (Å²) in [6, 6.07) is 8.33. The van der Waals surface area contributed by atoms with Gasteiger partial charge in [0.15, 0.2) is 0 Å². The number of hydrogen-bond acceptors (Lipinski definition) is 2. The minimum Gasteiger partial charge on any atom is -0.481 e. The van der Waals surface area contributed by atoms with E-state index in [1.165, 1.54) is 11.1 Å². The Labute approximate surface area is 125 Å². The number of rotatable bonds is 5. The number of urea groups is 1. The number of nitrogens with zero attached hydrogens (tertiary/aromatic N) is 1. The predicted molar refractivity (Wildman–Crippen MR) is 80.0 cm³/mol. The number of aliphatic carboxylic acids is 1. The van der Waals surface area contributed by atoms with Gasteiger partial charge in [-0.1, -0.05) is 31.2 Å². The average Bonchev–Trinajstić information content (AvgIpc) is 2.49. The lowest BCUT2D eigenvalue weighted by Gasteiger charge is -2.36. The molecule has 0 saturated carbocycles. The summed E-state index contributed by atoms with van der Waals surface area (Å²) in [5.41, 5.74) is 2.52. The molecule has 0 aliphatic carbocycles. The fraction of sp³-hybridized carbons (Fsp3) is 0.500. The lowest BCUT2D eigenvalue weighted by atomic mass is 9.93. The molecule has 0 spiro atoms. The molecular formula is C16H22N2O3. The quantitative estimate of drug-likeness (QED) is 0.818. The molecule has 21 heavy (non-hydrogen) atoms. The molecule has 1 heterocycles. The second-order valence-corrected chi connectivity index (χ2v) is 5.39. The van der Waals surface area contributed by atoms with Crippen molar-refractivity contribution in [3.63, 3.8) is 0 Å². The number of fused-ring (bicyclic) bond motifs is 1. The Bertz CT molecular complexity index is 516. The van der Waals surface area contributed by atoms with Crippen molar-refractivity contribution in [2.75, 3.05) is 6.54 Å². The van der Waals surface area contributed by atoms with Crippen LogP contribution in [0.1, 0.15) is 37.3 Å². The number of amides is 2. The second kappa shape index (κ2) is 7.11. The molecule has 114 valence electrons. The maximum atomic E-state index is 12.3. The Morgan fingerprint density at radius 3 is 2.71 bits per heavy atom. The van der Waals surface area contributed by atoms with Gasteiger partial charge < -0.3 is 15.3 Å². The molecule has 1 atom stereocenters. The van der Waals surface area contributed by atoms with Crippen molar-refractivity contribution >= 4 is 12.0 Å². The summed E-state index contributed by atoms with van der Waals surface area (Å²) in [4.78, 5) is 24.6. The Hall–Kier alpha value is -2.04. The standard InChI is InChI=1S/C16H22N2O3/c1-2-14-10-12-6-3-4-7-13(12)11-18(14)16(21)17-9-5-8-15(19)20/h3-4,6-7,14H,2,5,8-11H2,1H3,(H,17,21)(H,19,20). The fourth-order valence-corrected chi connectivity index (χ4v) is 2.73. The van der Waals surface area contributed by atoms with Crippen LogP contribution in [0, 0.1) is 0 Å². The molecule has 1 aromatic rings. The third-order valence-electron chi connectivity index (χ3n) is 3.93. The van der Waals surface area contributed by atoms with Crippen LogP contribution in [0.25, 0.3) is 0 Å². The van der Waals surface area contributed by atoms with E-state index in [2.05, 4.69) is 24.4 Å². The van der Waals surface area contributed by atoms with Crippen LogP contribution in [0.2, 0.25) is 0 Å². The van der Waals surface area contributed by atoms with E-state index in [4.69, 9.17) is 5.11 Å². The molecule has 2 N–H and O–H groups in total. The van der Waals surface area contributed by atoms with Crippen molar-refractivity contribution in [2.24, 2.45) is 0 Å². The number of nitrogens with one attached hydrogen (secondary N) is 1. The SMILES string of the molecule is CCC1Cc2ccccc2CN1C(=O)NCCCC(=O)O. The lowest BCUT2D eigenvalue weighted by Crippen LogP contribution is -2.48. The van der Waals surface area contributed by atoms with Gasteiger partial charge in [-0.3, -0.25) is 4.79 Å². The van der Waals surface area contributed by atoms with Gasteiger partial charge in [0, 0.05) is 25.6 Å². The van der Waals surface area contributed by atoms with Crippen LogP contribution in [0.4, 0.5) is 4.79 Å². The van der Waals surface area contributed by atoms with E-state index >= 15 is 0 Å². The highest BCUT2D eigenvalue weighted by molar-refractivity contribution is 5.75.